The molecule has 1 aliphatic heterocycles. The van der Waals surface area contributed by atoms with Crippen molar-refractivity contribution in [2.75, 3.05) is 0 Å². The molecular weight excluding hydrogens is 284 g/mol. The fourth-order valence-corrected chi connectivity index (χ4v) is 7.93. The molecule has 1 nitrogen and oxygen atoms in total. The zero-order valence-corrected chi connectivity index (χ0v) is 14.9. The quantitative estimate of drug-likeness (QED) is 0.763. The summed E-state index contributed by atoms with van der Waals surface area (Å²) in [5.74, 6) is 0. The fourth-order valence-electron chi connectivity index (χ4n) is 3.51. The van der Waals surface area contributed by atoms with E-state index in [1.165, 1.54) is 29.3 Å². The van der Waals surface area contributed by atoms with Gasteiger partial charge in [-0.3, -0.25) is 0 Å². The largest absolute Gasteiger partial charge is 0.404 e. The van der Waals surface area contributed by atoms with E-state index in [9.17, 15) is 0 Å². The lowest BCUT2D eigenvalue weighted by Crippen LogP contribution is -2.65. The second kappa shape index (κ2) is 6.02. The third kappa shape index (κ3) is 2.90. The molecule has 1 saturated heterocycles. The molecule has 2 aromatic carbocycles. The normalized spacial score (nSPS) is 21.5. The van der Waals surface area contributed by atoms with Gasteiger partial charge in [-0.05, 0) is 28.3 Å². The van der Waals surface area contributed by atoms with E-state index < -0.39 is 8.32 Å². The third-order valence-corrected chi connectivity index (χ3v) is 9.06. The van der Waals surface area contributed by atoms with Gasteiger partial charge in [-0.15, -0.1) is 0 Å². The third-order valence-electron chi connectivity index (χ3n) is 4.78. The van der Waals surface area contributed by atoms with Gasteiger partial charge in [0.05, 0.1) is 6.10 Å². The first-order chi connectivity index (χ1) is 10.5. The Morgan fingerprint density at radius 2 is 1.36 bits per heavy atom. The second-order valence-corrected chi connectivity index (χ2v) is 11.0. The Balaban J connectivity index is 2.08. The number of hydrogen-bond donors (Lipinski definition) is 0. The van der Waals surface area contributed by atoms with Gasteiger partial charge in [0.25, 0.3) is 8.32 Å². The minimum Gasteiger partial charge on any atom is -0.404 e. The average Bonchev–Trinajstić information content (AvgIpc) is 2.56. The molecule has 22 heavy (non-hydrogen) atoms. The summed E-state index contributed by atoms with van der Waals surface area (Å²) in [6.45, 7) is 6.91. The van der Waals surface area contributed by atoms with Gasteiger partial charge in [0.1, 0.15) is 0 Å². The van der Waals surface area contributed by atoms with Crippen molar-refractivity contribution in [2.24, 2.45) is 5.41 Å². The molecule has 3 rings (SSSR count). The van der Waals surface area contributed by atoms with Crippen molar-refractivity contribution in [1.29, 1.82) is 0 Å². The van der Waals surface area contributed by atoms with Crippen LogP contribution in [0.4, 0.5) is 0 Å². The molecule has 2 heteroatoms. The molecule has 0 N–H and O–H groups in total. The first-order valence-electron chi connectivity index (χ1n) is 8.31. The van der Waals surface area contributed by atoms with Gasteiger partial charge in [0.2, 0.25) is 0 Å². The van der Waals surface area contributed by atoms with E-state index in [0.717, 1.165) is 0 Å². The monoisotopic (exact) mass is 310 g/mol. The molecule has 0 bridgehead atoms. The van der Waals surface area contributed by atoms with Crippen molar-refractivity contribution < 1.29 is 4.43 Å². The van der Waals surface area contributed by atoms with E-state index in [0.29, 0.717) is 6.10 Å². The van der Waals surface area contributed by atoms with Crippen LogP contribution in [0.3, 0.4) is 0 Å². The highest BCUT2D eigenvalue weighted by molar-refractivity contribution is 6.97. The summed E-state index contributed by atoms with van der Waals surface area (Å²) in [6, 6.07) is 23.1. The summed E-state index contributed by atoms with van der Waals surface area (Å²) >= 11 is 0. The van der Waals surface area contributed by atoms with Crippen LogP contribution in [0, 0.1) is 5.41 Å². The Labute approximate surface area is 135 Å². The summed E-state index contributed by atoms with van der Waals surface area (Å²) in [5.41, 5.74) is 0.197. The van der Waals surface area contributed by atoms with Gasteiger partial charge in [-0.1, -0.05) is 87.9 Å². The van der Waals surface area contributed by atoms with Crippen molar-refractivity contribution in [2.45, 2.75) is 45.8 Å². The lowest BCUT2D eigenvalue weighted by molar-refractivity contribution is 0.0613. The van der Waals surface area contributed by atoms with Crippen LogP contribution in [0.15, 0.2) is 60.7 Å². The van der Waals surface area contributed by atoms with Gasteiger partial charge in [-0.25, -0.2) is 0 Å². The lowest BCUT2D eigenvalue weighted by Gasteiger charge is -2.45. The maximum Gasteiger partial charge on any atom is 0.256 e. The zero-order chi connectivity index (χ0) is 15.6. The molecule has 2 aromatic rings. The van der Waals surface area contributed by atoms with Crippen LogP contribution in [-0.2, 0) is 4.43 Å². The Morgan fingerprint density at radius 3 is 1.82 bits per heavy atom. The summed E-state index contributed by atoms with van der Waals surface area (Å²) in [5, 5.41) is 2.82. The number of hydrogen-bond acceptors (Lipinski definition) is 1. The van der Waals surface area contributed by atoms with Crippen LogP contribution in [-0.4, -0.2) is 14.4 Å². The van der Waals surface area contributed by atoms with Gasteiger partial charge in [0, 0.05) is 0 Å². The fraction of sp³-hybridized carbons (Fsp3) is 0.400. The molecule has 0 saturated carbocycles. The summed E-state index contributed by atoms with van der Waals surface area (Å²) in [4.78, 5) is 0. The van der Waals surface area contributed by atoms with Crippen molar-refractivity contribution in [3.63, 3.8) is 0 Å². The summed E-state index contributed by atoms with van der Waals surface area (Å²) in [6.07, 6.45) is 2.78. The molecule has 116 valence electrons. The van der Waals surface area contributed by atoms with Gasteiger partial charge in [0.15, 0.2) is 0 Å². The van der Waals surface area contributed by atoms with Crippen LogP contribution in [0.1, 0.15) is 33.6 Å². The van der Waals surface area contributed by atoms with Crippen LogP contribution < -0.4 is 10.4 Å². The summed E-state index contributed by atoms with van der Waals surface area (Å²) < 4.78 is 6.95. The first-order valence-corrected chi connectivity index (χ1v) is 10.4. The van der Waals surface area contributed by atoms with Gasteiger partial charge in [-0.2, -0.15) is 0 Å². The molecule has 0 radical (unpaired) electrons. The highest BCUT2D eigenvalue weighted by Gasteiger charge is 2.46. The van der Waals surface area contributed by atoms with Crippen molar-refractivity contribution in [3.05, 3.63) is 60.7 Å². The Hall–Kier alpha value is -1.38. The molecule has 1 heterocycles. The van der Waals surface area contributed by atoms with Crippen LogP contribution in [0.2, 0.25) is 6.04 Å². The second-order valence-electron chi connectivity index (χ2n) is 7.42. The predicted molar refractivity (Wildman–Crippen MR) is 96.3 cm³/mol. The Kier molecular flexibility index (Phi) is 4.24. The predicted octanol–water partition coefficient (Wildman–Crippen LogP) is 3.97. The zero-order valence-electron chi connectivity index (χ0n) is 13.9. The van der Waals surface area contributed by atoms with E-state index in [1.54, 1.807) is 0 Å². The standard InChI is InChI=1S/C20H26OSi/c1-20(2,3)19-15-10-16-22(21-19,17-11-6-4-7-12-17)18-13-8-5-9-14-18/h4-9,11-14,19H,10,15-16H2,1-3H3. The van der Waals surface area contributed by atoms with Crippen molar-refractivity contribution >= 4 is 18.7 Å². The van der Waals surface area contributed by atoms with E-state index in [-0.39, 0.29) is 5.41 Å². The van der Waals surface area contributed by atoms with E-state index in [4.69, 9.17) is 4.43 Å². The molecule has 0 aromatic heterocycles. The van der Waals surface area contributed by atoms with E-state index in [1.807, 2.05) is 0 Å². The molecule has 1 fully saturated rings. The molecule has 1 atom stereocenters. The topological polar surface area (TPSA) is 9.23 Å². The number of benzene rings is 2. The maximum atomic E-state index is 6.95. The Morgan fingerprint density at radius 1 is 0.864 bits per heavy atom. The van der Waals surface area contributed by atoms with Crippen LogP contribution in [0.25, 0.3) is 0 Å². The smallest absolute Gasteiger partial charge is 0.256 e. The minimum absolute atomic E-state index is 0.197. The van der Waals surface area contributed by atoms with E-state index >= 15 is 0 Å². The van der Waals surface area contributed by atoms with E-state index in [2.05, 4.69) is 81.4 Å². The molecule has 1 unspecified atom stereocenters. The Bertz CT molecular complexity index is 561. The maximum absolute atomic E-state index is 6.95. The van der Waals surface area contributed by atoms with Crippen LogP contribution in [0.5, 0.6) is 0 Å². The molecule has 0 spiro atoms. The highest BCUT2D eigenvalue weighted by atomic mass is 28.4. The van der Waals surface area contributed by atoms with Crippen molar-refractivity contribution in [1.82, 2.24) is 0 Å². The molecule has 1 aliphatic rings. The van der Waals surface area contributed by atoms with Gasteiger partial charge >= 0.3 is 0 Å². The molecular formula is C20H26OSi. The van der Waals surface area contributed by atoms with Gasteiger partial charge < -0.3 is 4.43 Å². The first kappa shape index (κ1) is 15.5. The molecule has 0 aliphatic carbocycles. The lowest BCUT2D eigenvalue weighted by atomic mass is 9.87. The number of rotatable bonds is 2. The average molecular weight is 311 g/mol. The van der Waals surface area contributed by atoms with Crippen molar-refractivity contribution in [3.8, 4) is 0 Å². The molecule has 0 amide bonds. The summed E-state index contributed by atoms with van der Waals surface area (Å²) in [7, 11) is -2.11. The SMILES string of the molecule is CC(C)(C)C1CCC[Si](c2ccccc2)(c2ccccc2)O1. The van der Waals surface area contributed by atoms with Crippen LogP contribution >= 0.6 is 0 Å². The highest BCUT2D eigenvalue weighted by Crippen LogP contribution is 2.35. The minimum atomic E-state index is -2.11.